The van der Waals surface area contributed by atoms with Crippen molar-refractivity contribution in [3.05, 3.63) is 79.4 Å². The van der Waals surface area contributed by atoms with Crippen molar-refractivity contribution in [3.8, 4) is 0 Å². The van der Waals surface area contributed by atoms with Gasteiger partial charge in [-0.25, -0.2) is 0 Å². The Kier molecular flexibility index (Phi) is 4.25. The van der Waals surface area contributed by atoms with Crippen LogP contribution in [0.2, 0.25) is 0 Å². The molecule has 0 aliphatic rings. The van der Waals surface area contributed by atoms with E-state index in [-0.39, 0.29) is 0 Å². The number of hydrogen-bond acceptors (Lipinski definition) is 3. The number of rotatable bonds is 5. The van der Waals surface area contributed by atoms with Gasteiger partial charge in [0, 0.05) is 11.9 Å². The maximum Gasteiger partial charge on any atom is 0.117 e. The Morgan fingerprint density at radius 3 is 2.45 bits per heavy atom. The summed E-state index contributed by atoms with van der Waals surface area (Å²) in [6.07, 6.45) is 1.83. The summed E-state index contributed by atoms with van der Waals surface area (Å²) in [6, 6.07) is 22.0. The zero-order valence-electron chi connectivity index (χ0n) is 12.2. The lowest BCUT2D eigenvalue weighted by Crippen LogP contribution is -1.97. The molecule has 3 aromatic rings. The molecule has 0 aliphatic heterocycles. The number of anilines is 1. The van der Waals surface area contributed by atoms with Crippen LogP contribution in [-0.2, 0) is 0 Å². The molecule has 0 radical (unpaired) electrons. The maximum atomic E-state index is 4.49. The van der Waals surface area contributed by atoms with Crippen LogP contribution < -0.4 is 5.32 Å². The zero-order valence-corrected chi connectivity index (χ0v) is 12.2. The Balaban J connectivity index is 2.07. The summed E-state index contributed by atoms with van der Waals surface area (Å²) in [6.45, 7) is 4.43. The summed E-state index contributed by atoms with van der Waals surface area (Å²) in [5, 5.41) is 14.4. The fourth-order valence-electron chi connectivity index (χ4n) is 2.29. The molecule has 0 heterocycles. The molecule has 0 saturated carbocycles. The number of fused-ring (bicyclic) bond motifs is 1. The SMILES string of the molecule is C=CCNc1ccc2ccccc2c1N=Nc1ccccc1. The summed E-state index contributed by atoms with van der Waals surface area (Å²) in [5.74, 6) is 0. The minimum absolute atomic E-state index is 0.687. The maximum absolute atomic E-state index is 4.49. The van der Waals surface area contributed by atoms with Gasteiger partial charge in [-0.15, -0.1) is 11.7 Å². The highest BCUT2D eigenvalue weighted by Crippen LogP contribution is 2.35. The molecule has 0 unspecified atom stereocenters. The van der Waals surface area contributed by atoms with Gasteiger partial charge in [0.25, 0.3) is 0 Å². The Labute approximate surface area is 130 Å². The summed E-state index contributed by atoms with van der Waals surface area (Å²) in [4.78, 5) is 0. The Morgan fingerprint density at radius 2 is 1.64 bits per heavy atom. The van der Waals surface area contributed by atoms with Crippen LogP contribution in [0.4, 0.5) is 17.1 Å². The standard InChI is InChI=1S/C19H17N3/c1-2-14-20-18-13-12-15-8-6-7-11-17(15)19(18)22-21-16-9-4-3-5-10-16/h2-13,20H,1,14H2. The predicted molar refractivity (Wildman–Crippen MR) is 93.3 cm³/mol. The van der Waals surface area contributed by atoms with E-state index in [0.29, 0.717) is 6.54 Å². The third-order valence-electron chi connectivity index (χ3n) is 3.36. The van der Waals surface area contributed by atoms with Crippen LogP contribution in [-0.4, -0.2) is 6.54 Å². The van der Waals surface area contributed by atoms with Crippen molar-refractivity contribution < 1.29 is 0 Å². The van der Waals surface area contributed by atoms with E-state index >= 15 is 0 Å². The van der Waals surface area contributed by atoms with E-state index < -0.39 is 0 Å². The zero-order chi connectivity index (χ0) is 15.2. The van der Waals surface area contributed by atoms with Gasteiger partial charge in [0.2, 0.25) is 0 Å². The second-order valence-electron chi connectivity index (χ2n) is 4.89. The van der Waals surface area contributed by atoms with Crippen molar-refractivity contribution in [2.24, 2.45) is 10.2 Å². The van der Waals surface area contributed by atoms with Gasteiger partial charge < -0.3 is 5.32 Å². The van der Waals surface area contributed by atoms with Crippen LogP contribution >= 0.6 is 0 Å². The van der Waals surface area contributed by atoms with E-state index in [9.17, 15) is 0 Å². The number of benzene rings is 3. The van der Waals surface area contributed by atoms with Crippen molar-refractivity contribution in [1.29, 1.82) is 0 Å². The Morgan fingerprint density at radius 1 is 0.864 bits per heavy atom. The topological polar surface area (TPSA) is 36.8 Å². The lowest BCUT2D eigenvalue weighted by Gasteiger charge is -2.09. The van der Waals surface area contributed by atoms with Gasteiger partial charge in [-0.3, -0.25) is 0 Å². The Hall–Kier alpha value is -2.94. The molecule has 0 spiro atoms. The lowest BCUT2D eigenvalue weighted by molar-refractivity contribution is 1.23. The molecule has 22 heavy (non-hydrogen) atoms. The van der Waals surface area contributed by atoms with E-state index in [1.165, 1.54) is 0 Å². The van der Waals surface area contributed by atoms with E-state index in [1.54, 1.807) is 0 Å². The molecule has 0 amide bonds. The first kappa shape index (κ1) is 14.0. The molecular weight excluding hydrogens is 270 g/mol. The average Bonchev–Trinajstić information content (AvgIpc) is 2.59. The largest absolute Gasteiger partial charge is 0.380 e. The number of azo groups is 1. The van der Waals surface area contributed by atoms with Gasteiger partial charge >= 0.3 is 0 Å². The lowest BCUT2D eigenvalue weighted by atomic mass is 10.1. The summed E-state index contributed by atoms with van der Waals surface area (Å²) in [5.41, 5.74) is 2.65. The second-order valence-corrected chi connectivity index (χ2v) is 4.89. The molecule has 0 atom stereocenters. The average molecular weight is 287 g/mol. The van der Waals surface area contributed by atoms with Crippen molar-refractivity contribution in [2.75, 3.05) is 11.9 Å². The molecule has 3 rings (SSSR count). The molecule has 3 nitrogen and oxygen atoms in total. The first-order valence-corrected chi connectivity index (χ1v) is 7.22. The van der Waals surface area contributed by atoms with Crippen LogP contribution in [0.15, 0.2) is 89.6 Å². The minimum Gasteiger partial charge on any atom is -0.380 e. The molecule has 0 fully saturated rings. The van der Waals surface area contributed by atoms with Gasteiger partial charge in [-0.1, -0.05) is 54.6 Å². The predicted octanol–water partition coefficient (Wildman–Crippen LogP) is 5.85. The van der Waals surface area contributed by atoms with Crippen LogP contribution in [0.25, 0.3) is 10.8 Å². The van der Waals surface area contributed by atoms with Gasteiger partial charge in [0.05, 0.1) is 11.4 Å². The molecule has 0 aromatic heterocycles. The molecule has 108 valence electrons. The fourth-order valence-corrected chi connectivity index (χ4v) is 2.29. The van der Waals surface area contributed by atoms with Crippen LogP contribution in [0.1, 0.15) is 0 Å². The molecular formula is C19H17N3. The highest BCUT2D eigenvalue weighted by molar-refractivity contribution is 5.98. The third-order valence-corrected chi connectivity index (χ3v) is 3.36. The summed E-state index contributed by atoms with van der Waals surface area (Å²) in [7, 11) is 0. The molecule has 1 N–H and O–H groups in total. The molecule has 0 bridgehead atoms. The summed E-state index contributed by atoms with van der Waals surface area (Å²) < 4.78 is 0. The molecule has 0 aliphatic carbocycles. The Bertz CT molecular complexity index is 807. The number of nitrogens with zero attached hydrogens (tertiary/aromatic N) is 2. The smallest absolute Gasteiger partial charge is 0.117 e. The molecule has 3 heteroatoms. The first-order chi connectivity index (χ1) is 10.9. The van der Waals surface area contributed by atoms with E-state index in [0.717, 1.165) is 27.8 Å². The van der Waals surface area contributed by atoms with Gasteiger partial charge in [-0.05, 0) is 23.6 Å². The van der Waals surface area contributed by atoms with E-state index in [2.05, 4.69) is 40.3 Å². The van der Waals surface area contributed by atoms with E-state index in [1.807, 2.05) is 54.6 Å². The van der Waals surface area contributed by atoms with Crippen molar-refractivity contribution in [1.82, 2.24) is 0 Å². The van der Waals surface area contributed by atoms with Crippen LogP contribution in [0.5, 0.6) is 0 Å². The first-order valence-electron chi connectivity index (χ1n) is 7.22. The van der Waals surface area contributed by atoms with Crippen LogP contribution in [0.3, 0.4) is 0 Å². The minimum atomic E-state index is 0.687. The molecule has 3 aromatic carbocycles. The van der Waals surface area contributed by atoms with Crippen molar-refractivity contribution >= 4 is 27.8 Å². The van der Waals surface area contributed by atoms with Crippen molar-refractivity contribution in [3.63, 3.8) is 0 Å². The van der Waals surface area contributed by atoms with Gasteiger partial charge in [0.1, 0.15) is 5.69 Å². The number of nitrogens with one attached hydrogen (secondary N) is 1. The normalized spacial score (nSPS) is 10.9. The third kappa shape index (κ3) is 3.04. The van der Waals surface area contributed by atoms with Crippen molar-refractivity contribution in [2.45, 2.75) is 0 Å². The summed E-state index contributed by atoms with van der Waals surface area (Å²) >= 11 is 0. The van der Waals surface area contributed by atoms with E-state index in [4.69, 9.17) is 0 Å². The highest BCUT2D eigenvalue weighted by Gasteiger charge is 2.06. The monoisotopic (exact) mass is 287 g/mol. The molecule has 0 saturated heterocycles. The van der Waals surface area contributed by atoms with Gasteiger partial charge in [-0.2, -0.15) is 5.11 Å². The van der Waals surface area contributed by atoms with Crippen LogP contribution in [0, 0.1) is 0 Å². The van der Waals surface area contributed by atoms with Gasteiger partial charge in [0.15, 0.2) is 0 Å². The quantitative estimate of drug-likeness (QED) is 0.463. The number of hydrogen-bond donors (Lipinski definition) is 1. The highest BCUT2D eigenvalue weighted by atomic mass is 15.1. The fraction of sp³-hybridized carbons (Fsp3) is 0.0526. The second kappa shape index (κ2) is 6.68.